The summed E-state index contributed by atoms with van der Waals surface area (Å²) in [6.07, 6.45) is 2.45. The Morgan fingerprint density at radius 1 is 1.32 bits per heavy atom. The number of carbonyl (C=O) groups excluding carboxylic acids is 2. The van der Waals surface area contributed by atoms with Gasteiger partial charge in [-0.15, -0.1) is 0 Å². The minimum atomic E-state index is -1.31. The fraction of sp³-hybridized carbons (Fsp3) is 0.250. The first-order valence-electron chi connectivity index (χ1n) is 8.66. The number of ether oxygens (including phenoxy) is 1. The highest BCUT2D eigenvalue weighted by atomic mass is 32.2. The van der Waals surface area contributed by atoms with Gasteiger partial charge in [0.05, 0.1) is 24.0 Å². The topological polar surface area (TPSA) is 82.8 Å². The van der Waals surface area contributed by atoms with Gasteiger partial charge in [-0.2, -0.15) is 0 Å². The minimum absolute atomic E-state index is 0.209. The Bertz CT molecular complexity index is 932. The molecule has 0 saturated carbocycles. The summed E-state index contributed by atoms with van der Waals surface area (Å²) >= 11 is 6.28. The second-order valence-electron chi connectivity index (χ2n) is 6.11. The molecule has 1 aliphatic rings. The molecule has 0 radical (unpaired) electrons. The lowest BCUT2D eigenvalue weighted by Gasteiger charge is -2.27. The summed E-state index contributed by atoms with van der Waals surface area (Å²) in [6.45, 7) is 1.84. The molecule has 3 rings (SSSR count). The first-order valence-corrected chi connectivity index (χ1v) is 9.89. The van der Waals surface area contributed by atoms with E-state index in [2.05, 4.69) is 0 Å². The molecule has 0 unspecified atom stereocenters. The Balaban J connectivity index is 1.82. The van der Waals surface area contributed by atoms with E-state index in [0.29, 0.717) is 22.8 Å². The van der Waals surface area contributed by atoms with Crippen molar-refractivity contribution in [3.05, 3.63) is 47.1 Å². The lowest BCUT2D eigenvalue weighted by atomic mass is 10.1. The Morgan fingerprint density at radius 3 is 2.64 bits per heavy atom. The number of nitrogens with zero attached hydrogens (tertiary/aromatic N) is 1. The van der Waals surface area contributed by atoms with Crippen LogP contribution in [-0.4, -0.2) is 34.2 Å². The van der Waals surface area contributed by atoms with E-state index >= 15 is 0 Å². The monoisotopic (exact) mass is 416 g/mol. The van der Waals surface area contributed by atoms with Crippen LogP contribution in [0.2, 0.25) is 0 Å². The molecule has 1 aromatic carbocycles. The molecule has 0 aliphatic carbocycles. The molecule has 8 heteroatoms. The molecule has 28 heavy (non-hydrogen) atoms. The number of furan rings is 1. The Hall–Kier alpha value is -2.58. The van der Waals surface area contributed by atoms with E-state index in [9.17, 15) is 14.7 Å². The first kappa shape index (κ1) is 20.2. The molecular weight excluding hydrogens is 398 g/mol. The van der Waals surface area contributed by atoms with Crippen LogP contribution in [0.15, 0.2) is 45.7 Å². The predicted molar refractivity (Wildman–Crippen MR) is 109 cm³/mol. The Labute approximate surface area is 172 Å². The molecule has 1 amide bonds. The van der Waals surface area contributed by atoms with Gasteiger partial charge >= 0.3 is 0 Å². The van der Waals surface area contributed by atoms with Crippen molar-refractivity contribution in [3.63, 3.8) is 0 Å². The van der Waals surface area contributed by atoms with Crippen LogP contribution in [-0.2, 0) is 9.59 Å². The van der Waals surface area contributed by atoms with Crippen LogP contribution in [0.5, 0.6) is 5.75 Å². The van der Waals surface area contributed by atoms with Crippen molar-refractivity contribution in [2.45, 2.75) is 25.8 Å². The van der Waals surface area contributed by atoms with E-state index in [1.807, 2.05) is 31.2 Å². The van der Waals surface area contributed by atoms with Crippen LogP contribution < -0.4 is 9.84 Å². The number of carboxylic acid groups (broad SMARTS) is 1. The quantitative estimate of drug-likeness (QED) is 0.507. The summed E-state index contributed by atoms with van der Waals surface area (Å²) in [5.74, 6) is 0.114. The zero-order chi connectivity index (χ0) is 20.3. The second kappa shape index (κ2) is 8.62. The van der Waals surface area contributed by atoms with Crippen molar-refractivity contribution in [1.29, 1.82) is 0 Å². The third-order valence-corrected chi connectivity index (χ3v) is 5.57. The smallest absolute Gasteiger partial charge is 0.266 e. The number of amides is 1. The predicted octanol–water partition coefficient (Wildman–Crippen LogP) is 3.08. The van der Waals surface area contributed by atoms with E-state index in [1.165, 1.54) is 0 Å². The molecule has 1 atom stereocenters. The largest absolute Gasteiger partial charge is 0.548 e. The summed E-state index contributed by atoms with van der Waals surface area (Å²) in [4.78, 5) is 25.6. The second-order valence-corrected chi connectivity index (χ2v) is 7.78. The average molecular weight is 417 g/mol. The standard InChI is InChI=1S/C20H19NO5S2/c1-3-4-15(19(23)24)21-18(22)17(28-20(21)27)11-14-9-10-16(26-14)12-5-7-13(25-2)8-6-12/h5-11,15H,3-4H2,1-2H3,(H,23,24)/p-1/b17-11+/t15-/m1/s1. The Kier molecular flexibility index (Phi) is 6.21. The van der Waals surface area contributed by atoms with Gasteiger partial charge in [-0.25, -0.2) is 0 Å². The van der Waals surface area contributed by atoms with Crippen molar-refractivity contribution < 1.29 is 23.8 Å². The molecular formula is C20H18NO5S2-. The van der Waals surface area contributed by atoms with Crippen LogP contribution in [0, 0.1) is 0 Å². The average Bonchev–Trinajstić information content (AvgIpc) is 3.25. The van der Waals surface area contributed by atoms with Gasteiger partial charge in [-0.05, 0) is 42.8 Å². The molecule has 146 valence electrons. The van der Waals surface area contributed by atoms with Crippen molar-refractivity contribution in [2.24, 2.45) is 0 Å². The summed E-state index contributed by atoms with van der Waals surface area (Å²) in [5, 5.41) is 11.4. The van der Waals surface area contributed by atoms with Gasteiger partial charge in [0.15, 0.2) is 0 Å². The lowest BCUT2D eigenvalue weighted by molar-refractivity contribution is -0.310. The molecule has 2 heterocycles. The van der Waals surface area contributed by atoms with E-state index in [4.69, 9.17) is 21.4 Å². The summed E-state index contributed by atoms with van der Waals surface area (Å²) in [6, 6.07) is 9.89. The third-order valence-electron chi connectivity index (χ3n) is 4.24. The minimum Gasteiger partial charge on any atom is -0.548 e. The molecule has 0 spiro atoms. The fourth-order valence-electron chi connectivity index (χ4n) is 2.84. The maximum Gasteiger partial charge on any atom is 0.266 e. The molecule has 0 bridgehead atoms. The van der Waals surface area contributed by atoms with Crippen molar-refractivity contribution in [3.8, 4) is 17.1 Å². The molecule has 1 aromatic heterocycles. The van der Waals surface area contributed by atoms with Crippen LogP contribution in [0.1, 0.15) is 25.5 Å². The number of thiocarbonyl (C=S) groups is 1. The lowest BCUT2D eigenvalue weighted by Crippen LogP contribution is -2.49. The van der Waals surface area contributed by atoms with Crippen molar-refractivity contribution in [1.82, 2.24) is 4.90 Å². The van der Waals surface area contributed by atoms with Gasteiger partial charge in [0.2, 0.25) is 0 Å². The number of hydrogen-bond donors (Lipinski definition) is 0. The molecule has 0 N–H and O–H groups in total. The van der Waals surface area contributed by atoms with Gasteiger partial charge in [-0.3, -0.25) is 9.69 Å². The number of methoxy groups -OCH3 is 1. The number of thioether (sulfide) groups is 1. The van der Waals surface area contributed by atoms with Gasteiger partial charge in [0.1, 0.15) is 21.6 Å². The zero-order valence-electron chi connectivity index (χ0n) is 15.3. The van der Waals surface area contributed by atoms with Gasteiger partial charge in [-0.1, -0.05) is 37.3 Å². The normalized spacial score (nSPS) is 16.6. The summed E-state index contributed by atoms with van der Waals surface area (Å²) in [5.41, 5.74) is 0.868. The van der Waals surface area contributed by atoms with Crippen molar-refractivity contribution in [2.75, 3.05) is 7.11 Å². The molecule has 1 aliphatic heterocycles. The number of carbonyl (C=O) groups is 2. The van der Waals surface area contributed by atoms with Crippen LogP contribution in [0.25, 0.3) is 17.4 Å². The van der Waals surface area contributed by atoms with Crippen LogP contribution in [0.3, 0.4) is 0 Å². The van der Waals surface area contributed by atoms with Gasteiger partial charge in [0, 0.05) is 11.6 Å². The zero-order valence-corrected chi connectivity index (χ0v) is 17.0. The molecule has 1 saturated heterocycles. The van der Waals surface area contributed by atoms with Crippen LogP contribution >= 0.6 is 24.0 Å². The van der Waals surface area contributed by atoms with E-state index in [1.54, 1.807) is 25.3 Å². The van der Waals surface area contributed by atoms with E-state index in [-0.39, 0.29) is 10.7 Å². The number of carboxylic acids is 1. The third kappa shape index (κ3) is 4.13. The van der Waals surface area contributed by atoms with Crippen LogP contribution in [0.4, 0.5) is 0 Å². The highest BCUT2D eigenvalue weighted by Crippen LogP contribution is 2.35. The first-order chi connectivity index (χ1) is 13.4. The molecule has 6 nitrogen and oxygen atoms in total. The van der Waals surface area contributed by atoms with E-state index in [0.717, 1.165) is 28.0 Å². The summed E-state index contributed by atoms with van der Waals surface area (Å²) < 4.78 is 11.2. The maximum atomic E-state index is 12.7. The van der Waals surface area contributed by atoms with Crippen molar-refractivity contribution >= 4 is 46.3 Å². The van der Waals surface area contributed by atoms with E-state index < -0.39 is 17.9 Å². The number of rotatable bonds is 7. The van der Waals surface area contributed by atoms with Gasteiger partial charge in [0.25, 0.3) is 5.91 Å². The maximum absolute atomic E-state index is 12.7. The SMILES string of the molecule is CCC[C@H](C(=O)[O-])N1C(=O)/C(=C\c2ccc(-c3ccc(OC)cc3)o2)SC1=S. The molecule has 1 fully saturated rings. The van der Waals surface area contributed by atoms with Gasteiger partial charge < -0.3 is 19.1 Å². The summed E-state index contributed by atoms with van der Waals surface area (Å²) in [7, 11) is 1.60. The number of aliphatic carboxylic acids is 1. The number of benzene rings is 1. The fourth-order valence-corrected chi connectivity index (χ4v) is 4.18. The number of hydrogen-bond acceptors (Lipinski definition) is 7. The highest BCUT2D eigenvalue weighted by Gasteiger charge is 2.37. The molecule has 2 aromatic rings. The highest BCUT2D eigenvalue weighted by molar-refractivity contribution is 8.26. The Morgan fingerprint density at radius 2 is 2.04 bits per heavy atom.